The van der Waals surface area contributed by atoms with Crippen LogP contribution in [0.2, 0.25) is 0 Å². The van der Waals surface area contributed by atoms with Crippen molar-refractivity contribution in [2.24, 2.45) is 5.92 Å². The van der Waals surface area contributed by atoms with Gasteiger partial charge in [-0.05, 0) is 18.2 Å². The SMILES string of the molecule is COc1ccc(Br)cc1CNC(=O)C(C)CC(=O)O. The number of benzene rings is 1. The van der Waals surface area contributed by atoms with Gasteiger partial charge in [-0.3, -0.25) is 9.59 Å². The molecule has 0 saturated heterocycles. The van der Waals surface area contributed by atoms with Gasteiger partial charge in [0.1, 0.15) is 5.75 Å². The summed E-state index contributed by atoms with van der Waals surface area (Å²) >= 11 is 3.35. The lowest BCUT2D eigenvalue weighted by Gasteiger charge is -2.12. The van der Waals surface area contributed by atoms with Gasteiger partial charge in [0.15, 0.2) is 0 Å². The van der Waals surface area contributed by atoms with Crippen LogP contribution in [0.5, 0.6) is 5.75 Å². The van der Waals surface area contributed by atoms with Gasteiger partial charge in [0.25, 0.3) is 0 Å². The standard InChI is InChI=1S/C13H16BrNO4/c1-8(5-12(16)17)13(18)15-7-9-6-10(14)3-4-11(9)19-2/h3-4,6,8H,5,7H2,1-2H3,(H,15,18)(H,16,17). The number of amides is 1. The van der Waals surface area contributed by atoms with Crippen molar-refractivity contribution in [3.63, 3.8) is 0 Å². The van der Waals surface area contributed by atoms with Crippen molar-refractivity contribution < 1.29 is 19.4 Å². The number of aliphatic carboxylic acids is 1. The van der Waals surface area contributed by atoms with Crippen molar-refractivity contribution in [1.29, 1.82) is 0 Å². The van der Waals surface area contributed by atoms with E-state index in [2.05, 4.69) is 21.2 Å². The van der Waals surface area contributed by atoms with Crippen LogP contribution in [0.1, 0.15) is 18.9 Å². The van der Waals surface area contributed by atoms with Crippen LogP contribution in [0.4, 0.5) is 0 Å². The fourth-order valence-electron chi connectivity index (χ4n) is 1.60. The Morgan fingerprint density at radius 2 is 2.16 bits per heavy atom. The maximum Gasteiger partial charge on any atom is 0.304 e. The molecule has 1 aromatic carbocycles. The quantitative estimate of drug-likeness (QED) is 0.838. The molecule has 5 nitrogen and oxygen atoms in total. The monoisotopic (exact) mass is 329 g/mol. The Labute approximate surface area is 120 Å². The molecule has 104 valence electrons. The molecule has 0 aromatic heterocycles. The molecule has 19 heavy (non-hydrogen) atoms. The largest absolute Gasteiger partial charge is 0.496 e. The smallest absolute Gasteiger partial charge is 0.304 e. The number of carbonyl (C=O) groups excluding carboxylic acids is 1. The van der Waals surface area contributed by atoms with Crippen molar-refractivity contribution in [1.82, 2.24) is 5.32 Å². The highest BCUT2D eigenvalue weighted by Crippen LogP contribution is 2.22. The number of nitrogens with one attached hydrogen (secondary N) is 1. The van der Waals surface area contributed by atoms with E-state index in [1.165, 1.54) is 0 Å². The number of carbonyl (C=O) groups is 2. The van der Waals surface area contributed by atoms with Crippen molar-refractivity contribution in [3.8, 4) is 5.75 Å². The van der Waals surface area contributed by atoms with Gasteiger partial charge in [-0.2, -0.15) is 0 Å². The van der Waals surface area contributed by atoms with E-state index in [1.54, 1.807) is 20.1 Å². The Kier molecular flexibility index (Phi) is 5.82. The molecule has 1 amide bonds. The molecule has 0 fully saturated rings. The first kappa shape index (κ1) is 15.5. The van der Waals surface area contributed by atoms with Crippen molar-refractivity contribution in [2.45, 2.75) is 19.9 Å². The van der Waals surface area contributed by atoms with Crippen LogP contribution in [0.3, 0.4) is 0 Å². The predicted octanol–water partition coefficient (Wildman–Crippen LogP) is 2.18. The summed E-state index contributed by atoms with van der Waals surface area (Å²) in [5.41, 5.74) is 0.827. The first-order chi connectivity index (χ1) is 8.93. The average molecular weight is 330 g/mol. The number of methoxy groups -OCH3 is 1. The minimum absolute atomic E-state index is 0.179. The maximum atomic E-state index is 11.7. The van der Waals surface area contributed by atoms with E-state index in [1.807, 2.05) is 12.1 Å². The van der Waals surface area contributed by atoms with Crippen LogP contribution in [0.25, 0.3) is 0 Å². The Morgan fingerprint density at radius 3 is 2.74 bits per heavy atom. The molecule has 2 N–H and O–H groups in total. The second-order valence-electron chi connectivity index (χ2n) is 4.17. The van der Waals surface area contributed by atoms with E-state index in [4.69, 9.17) is 9.84 Å². The van der Waals surface area contributed by atoms with Crippen molar-refractivity contribution in [2.75, 3.05) is 7.11 Å². The molecule has 1 unspecified atom stereocenters. The molecule has 6 heteroatoms. The van der Waals surface area contributed by atoms with Crippen molar-refractivity contribution >= 4 is 27.8 Å². The Hall–Kier alpha value is -1.56. The van der Waals surface area contributed by atoms with Gasteiger partial charge in [0.05, 0.1) is 13.5 Å². The van der Waals surface area contributed by atoms with Crippen LogP contribution in [0.15, 0.2) is 22.7 Å². The highest BCUT2D eigenvalue weighted by molar-refractivity contribution is 9.10. The lowest BCUT2D eigenvalue weighted by Crippen LogP contribution is -2.30. The molecule has 1 rings (SSSR count). The summed E-state index contributed by atoms with van der Waals surface area (Å²) in [6.07, 6.45) is -0.179. The molecule has 0 radical (unpaired) electrons. The van der Waals surface area contributed by atoms with Gasteiger partial charge in [0.2, 0.25) is 5.91 Å². The molecule has 0 aliphatic rings. The minimum Gasteiger partial charge on any atom is -0.496 e. The zero-order valence-corrected chi connectivity index (χ0v) is 12.4. The topological polar surface area (TPSA) is 75.6 Å². The number of rotatable bonds is 6. The second kappa shape index (κ2) is 7.13. The molecule has 0 aliphatic carbocycles. The number of halogens is 1. The van der Waals surface area contributed by atoms with Crippen LogP contribution in [0, 0.1) is 5.92 Å². The van der Waals surface area contributed by atoms with Crippen molar-refractivity contribution in [3.05, 3.63) is 28.2 Å². The first-order valence-corrected chi connectivity index (χ1v) is 6.55. The fraction of sp³-hybridized carbons (Fsp3) is 0.385. The van der Waals surface area contributed by atoms with E-state index < -0.39 is 11.9 Å². The number of carboxylic acids is 1. The molecular weight excluding hydrogens is 314 g/mol. The third kappa shape index (κ3) is 4.90. The van der Waals surface area contributed by atoms with Gasteiger partial charge < -0.3 is 15.2 Å². The molecule has 0 spiro atoms. The Morgan fingerprint density at radius 1 is 1.47 bits per heavy atom. The van der Waals surface area contributed by atoms with Crippen LogP contribution >= 0.6 is 15.9 Å². The molecular formula is C13H16BrNO4. The van der Waals surface area contributed by atoms with Gasteiger partial charge in [-0.1, -0.05) is 22.9 Å². The molecule has 1 aromatic rings. The van der Waals surface area contributed by atoms with Gasteiger partial charge in [-0.15, -0.1) is 0 Å². The highest BCUT2D eigenvalue weighted by Gasteiger charge is 2.16. The summed E-state index contributed by atoms with van der Waals surface area (Å²) < 4.78 is 6.08. The Balaban J connectivity index is 2.63. The summed E-state index contributed by atoms with van der Waals surface area (Å²) in [4.78, 5) is 22.2. The van der Waals surface area contributed by atoms with Crippen LogP contribution in [-0.4, -0.2) is 24.1 Å². The molecule has 1 atom stereocenters. The van der Waals surface area contributed by atoms with E-state index >= 15 is 0 Å². The summed E-state index contributed by atoms with van der Waals surface area (Å²) in [5, 5.41) is 11.3. The van der Waals surface area contributed by atoms with Crippen LogP contribution < -0.4 is 10.1 Å². The summed E-state index contributed by atoms with van der Waals surface area (Å²) in [6.45, 7) is 1.88. The second-order valence-corrected chi connectivity index (χ2v) is 5.09. The Bertz CT molecular complexity index is 476. The third-order valence-corrected chi connectivity index (χ3v) is 3.12. The number of carboxylic acid groups (broad SMARTS) is 1. The normalized spacial score (nSPS) is 11.7. The van der Waals surface area contributed by atoms with Gasteiger partial charge in [-0.25, -0.2) is 0 Å². The zero-order chi connectivity index (χ0) is 14.4. The van der Waals surface area contributed by atoms with E-state index in [0.717, 1.165) is 10.0 Å². The number of hydrogen-bond donors (Lipinski definition) is 2. The molecule has 0 saturated carbocycles. The van der Waals surface area contributed by atoms with E-state index in [-0.39, 0.29) is 12.3 Å². The maximum absolute atomic E-state index is 11.7. The summed E-state index contributed by atoms with van der Waals surface area (Å²) in [7, 11) is 1.56. The first-order valence-electron chi connectivity index (χ1n) is 5.76. The number of ether oxygens (including phenoxy) is 1. The zero-order valence-electron chi connectivity index (χ0n) is 10.8. The summed E-state index contributed by atoms with van der Waals surface area (Å²) in [6, 6.07) is 5.49. The summed E-state index contributed by atoms with van der Waals surface area (Å²) in [5.74, 6) is -1.16. The average Bonchev–Trinajstić information content (AvgIpc) is 2.35. The van der Waals surface area contributed by atoms with Gasteiger partial charge >= 0.3 is 5.97 Å². The minimum atomic E-state index is -0.984. The van der Waals surface area contributed by atoms with Gasteiger partial charge in [0, 0.05) is 22.5 Å². The lowest BCUT2D eigenvalue weighted by atomic mass is 10.1. The molecule has 0 aliphatic heterocycles. The number of hydrogen-bond acceptors (Lipinski definition) is 3. The highest BCUT2D eigenvalue weighted by atomic mass is 79.9. The predicted molar refractivity (Wildman–Crippen MR) is 74.0 cm³/mol. The fourth-order valence-corrected chi connectivity index (χ4v) is 2.01. The molecule has 0 bridgehead atoms. The lowest BCUT2D eigenvalue weighted by molar-refractivity contribution is -0.140. The van der Waals surface area contributed by atoms with Crippen LogP contribution in [-0.2, 0) is 16.1 Å². The van der Waals surface area contributed by atoms with E-state index in [9.17, 15) is 9.59 Å². The van der Waals surface area contributed by atoms with E-state index in [0.29, 0.717) is 12.3 Å². The molecule has 0 heterocycles. The third-order valence-electron chi connectivity index (χ3n) is 2.62.